The van der Waals surface area contributed by atoms with Gasteiger partial charge in [-0.15, -0.1) is 0 Å². The number of furan rings is 1. The smallest absolute Gasteiger partial charge is 0.189 e. The first-order valence-corrected chi connectivity index (χ1v) is 10.0. The van der Waals surface area contributed by atoms with E-state index < -0.39 is 0 Å². The second-order valence-electron chi connectivity index (χ2n) is 6.92. The third-order valence-corrected chi connectivity index (χ3v) is 4.65. The molecule has 0 aliphatic carbocycles. The van der Waals surface area contributed by atoms with Crippen LogP contribution in [0.4, 0.5) is 0 Å². The van der Waals surface area contributed by atoms with Crippen LogP contribution in [0.1, 0.15) is 27.2 Å². The van der Waals surface area contributed by atoms with Crippen molar-refractivity contribution in [1.29, 1.82) is 0 Å². The zero-order chi connectivity index (χ0) is 21.3. The SMILES string of the molecule is O=C(/C=C/c1ccco1)c1ccc(OCc2ccccc2)cc1OCc1ccccc1. The maximum Gasteiger partial charge on any atom is 0.189 e. The molecule has 1 aromatic heterocycles. The Bertz CT molecular complexity index is 1130. The highest BCUT2D eigenvalue weighted by Gasteiger charge is 2.13. The highest BCUT2D eigenvalue weighted by Crippen LogP contribution is 2.27. The molecule has 3 aromatic carbocycles. The van der Waals surface area contributed by atoms with Gasteiger partial charge in [0.15, 0.2) is 5.78 Å². The lowest BCUT2D eigenvalue weighted by Gasteiger charge is -2.13. The Labute approximate surface area is 181 Å². The van der Waals surface area contributed by atoms with Crippen LogP contribution in [0.25, 0.3) is 6.08 Å². The summed E-state index contributed by atoms with van der Waals surface area (Å²) in [5.74, 6) is 1.55. The number of allylic oxidation sites excluding steroid dienone is 1. The average molecular weight is 410 g/mol. The second-order valence-corrected chi connectivity index (χ2v) is 6.92. The molecule has 0 fully saturated rings. The summed E-state index contributed by atoms with van der Waals surface area (Å²) >= 11 is 0. The first-order valence-electron chi connectivity index (χ1n) is 10.0. The van der Waals surface area contributed by atoms with Crippen LogP contribution < -0.4 is 9.47 Å². The lowest BCUT2D eigenvalue weighted by atomic mass is 10.1. The fourth-order valence-corrected chi connectivity index (χ4v) is 3.03. The van der Waals surface area contributed by atoms with Crippen LogP contribution in [0.3, 0.4) is 0 Å². The molecule has 4 nitrogen and oxygen atoms in total. The molecule has 0 spiro atoms. The Morgan fingerprint density at radius 1 is 0.774 bits per heavy atom. The van der Waals surface area contributed by atoms with Crippen molar-refractivity contribution in [2.45, 2.75) is 13.2 Å². The van der Waals surface area contributed by atoms with Gasteiger partial charge in [0, 0.05) is 6.07 Å². The van der Waals surface area contributed by atoms with Gasteiger partial charge in [-0.25, -0.2) is 0 Å². The molecule has 4 aromatic rings. The minimum absolute atomic E-state index is 0.172. The third kappa shape index (κ3) is 5.73. The van der Waals surface area contributed by atoms with Crippen molar-refractivity contribution >= 4 is 11.9 Å². The van der Waals surface area contributed by atoms with Crippen molar-refractivity contribution in [2.24, 2.45) is 0 Å². The van der Waals surface area contributed by atoms with E-state index in [0.29, 0.717) is 36.0 Å². The number of rotatable bonds is 9. The van der Waals surface area contributed by atoms with Crippen molar-refractivity contribution in [2.75, 3.05) is 0 Å². The van der Waals surface area contributed by atoms with E-state index in [9.17, 15) is 4.79 Å². The highest BCUT2D eigenvalue weighted by molar-refractivity contribution is 6.08. The number of ether oxygens (including phenoxy) is 2. The molecule has 4 rings (SSSR count). The minimum Gasteiger partial charge on any atom is -0.489 e. The molecule has 31 heavy (non-hydrogen) atoms. The molecule has 0 radical (unpaired) electrons. The minimum atomic E-state index is -0.172. The monoisotopic (exact) mass is 410 g/mol. The van der Waals surface area contributed by atoms with E-state index in [2.05, 4.69) is 0 Å². The van der Waals surface area contributed by atoms with Gasteiger partial charge in [0.05, 0.1) is 11.8 Å². The number of benzene rings is 3. The van der Waals surface area contributed by atoms with E-state index in [-0.39, 0.29) is 5.78 Å². The summed E-state index contributed by atoms with van der Waals surface area (Å²) in [7, 11) is 0. The summed E-state index contributed by atoms with van der Waals surface area (Å²) in [5.41, 5.74) is 2.55. The molecule has 0 unspecified atom stereocenters. The predicted molar refractivity (Wildman–Crippen MR) is 120 cm³/mol. The van der Waals surface area contributed by atoms with E-state index in [1.165, 1.54) is 6.08 Å². The van der Waals surface area contributed by atoms with E-state index in [0.717, 1.165) is 11.1 Å². The Hall–Kier alpha value is -4.05. The molecule has 1 heterocycles. The predicted octanol–water partition coefficient (Wildman–Crippen LogP) is 6.33. The number of hydrogen-bond donors (Lipinski definition) is 0. The molecular weight excluding hydrogens is 388 g/mol. The fraction of sp³-hybridized carbons (Fsp3) is 0.0741. The second kappa shape index (κ2) is 10.1. The summed E-state index contributed by atoms with van der Waals surface area (Å²) in [6.07, 6.45) is 4.69. The maximum absolute atomic E-state index is 12.8. The topological polar surface area (TPSA) is 48.7 Å². The van der Waals surface area contributed by atoms with Gasteiger partial charge in [0.25, 0.3) is 0 Å². The van der Waals surface area contributed by atoms with Gasteiger partial charge < -0.3 is 13.9 Å². The first kappa shape index (κ1) is 20.2. The van der Waals surface area contributed by atoms with Crippen LogP contribution in [-0.2, 0) is 13.2 Å². The first-order chi connectivity index (χ1) is 15.3. The van der Waals surface area contributed by atoms with Crippen LogP contribution >= 0.6 is 0 Å². The van der Waals surface area contributed by atoms with E-state index in [1.807, 2.05) is 60.7 Å². The van der Waals surface area contributed by atoms with Crippen LogP contribution in [-0.4, -0.2) is 5.78 Å². The molecule has 0 saturated carbocycles. The van der Waals surface area contributed by atoms with Crippen LogP contribution in [0.15, 0.2) is 108 Å². The van der Waals surface area contributed by atoms with Gasteiger partial charge in [-0.3, -0.25) is 4.79 Å². The largest absolute Gasteiger partial charge is 0.489 e. The van der Waals surface area contributed by atoms with Crippen molar-refractivity contribution in [3.05, 3.63) is 126 Å². The van der Waals surface area contributed by atoms with Gasteiger partial charge in [-0.1, -0.05) is 60.7 Å². The Balaban J connectivity index is 1.54. The van der Waals surface area contributed by atoms with Gasteiger partial charge in [0.1, 0.15) is 30.5 Å². The zero-order valence-corrected chi connectivity index (χ0v) is 16.9. The molecule has 4 heteroatoms. The van der Waals surface area contributed by atoms with Crippen LogP contribution in [0.2, 0.25) is 0 Å². The van der Waals surface area contributed by atoms with Crippen LogP contribution in [0.5, 0.6) is 11.5 Å². The summed E-state index contributed by atoms with van der Waals surface area (Å²) in [6.45, 7) is 0.788. The van der Waals surface area contributed by atoms with Crippen molar-refractivity contribution in [1.82, 2.24) is 0 Å². The summed E-state index contributed by atoms with van der Waals surface area (Å²) in [6, 6.07) is 28.6. The number of hydrogen-bond acceptors (Lipinski definition) is 4. The number of carbonyl (C=O) groups is 1. The maximum atomic E-state index is 12.8. The molecule has 0 aliphatic heterocycles. The van der Waals surface area contributed by atoms with Gasteiger partial charge >= 0.3 is 0 Å². The Kier molecular flexibility index (Phi) is 6.61. The van der Waals surface area contributed by atoms with E-state index in [4.69, 9.17) is 13.9 Å². The molecule has 0 saturated heterocycles. The molecule has 0 amide bonds. The normalized spacial score (nSPS) is 10.8. The highest BCUT2D eigenvalue weighted by atomic mass is 16.5. The summed E-state index contributed by atoms with van der Waals surface area (Å²) < 4.78 is 17.2. The Morgan fingerprint density at radius 2 is 1.45 bits per heavy atom. The van der Waals surface area contributed by atoms with Crippen molar-refractivity contribution < 1.29 is 18.7 Å². The van der Waals surface area contributed by atoms with Crippen molar-refractivity contribution in [3.8, 4) is 11.5 Å². The van der Waals surface area contributed by atoms with Gasteiger partial charge in [-0.05, 0) is 47.5 Å². The molecule has 0 bridgehead atoms. The van der Waals surface area contributed by atoms with Gasteiger partial charge in [-0.2, -0.15) is 0 Å². The summed E-state index contributed by atoms with van der Waals surface area (Å²) in [4.78, 5) is 12.8. The third-order valence-electron chi connectivity index (χ3n) is 4.65. The number of ketones is 1. The quantitative estimate of drug-likeness (QED) is 0.239. The van der Waals surface area contributed by atoms with Crippen LogP contribution in [0, 0.1) is 0 Å². The Morgan fingerprint density at radius 3 is 2.10 bits per heavy atom. The molecule has 0 N–H and O–H groups in total. The van der Waals surface area contributed by atoms with E-state index in [1.54, 1.807) is 42.7 Å². The molecular formula is C27H22O4. The fourth-order valence-electron chi connectivity index (χ4n) is 3.03. The lowest BCUT2D eigenvalue weighted by molar-refractivity contribution is 0.104. The average Bonchev–Trinajstić information content (AvgIpc) is 3.35. The van der Waals surface area contributed by atoms with E-state index >= 15 is 0 Å². The molecule has 0 atom stereocenters. The lowest BCUT2D eigenvalue weighted by Crippen LogP contribution is -2.04. The molecule has 0 aliphatic rings. The molecule has 154 valence electrons. The summed E-state index contributed by atoms with van der Waals surface area (Å²) in [5, 5.41) is 0. The van der Waals surface area contributed by atoms with Gasteiger partial charge in [0.2, 0.25) is 0 Å². The number of carbonyl (C=O) groups excluding carboxylic acids is 1. The standard InChI is InChI=1S/C27H22O4/c28-26(16-14-23-12-7-17-29-23)25-15-13-24(30-19-21-8-3-1-4-9-21)18-27(25)31-20-22-10-5-2-6-11-22/h1-18H,19-20H2/b16-14+. The zero-order valence-electron chi connectivity index (χ0n) is 16.9. The van der Waals surface area contributed by atoms with Crippen molar-refractivity contribution in [3.63, 3.8) is 0 Å².